The van der Waals surface area contributed by atoms with Crippen molar-refractivity contribution in [3.8, 4) is 0 Å². The van der Waals surface area contributed by atoms with Gasteiger partial charge < -0.3 is 20.1 Å². The van der Waals surface area contributed by atoms with E-state index in [4.69, 9.17) is 10.2 Å². The van der Waals surface area contributed by atoms with Gasteiger partial charge in [0.2, 0.25) is 0 Å². The topological polar surface area (TPSA) is 124 Å². The van der Waals surface area contributed by atoms with Gasteiger partial charge in [-0.1, -0.05) is 0 Å². The van der Waals surface area contributed by atoms with Gasteiger partial charge in [-0.25, -0.2) is 9.59 Å². The van der Waals surface area contributed by atoms with Gasteiger partial charge in [-0.3, -0.25) is 9.69 Å². The van der Waals surface area contributed by atoms with Gasteiger partial charge in [0.05, 0.1) is 19.1 Å². The molecule has 0 aromatic rings. The highest BCUT2D eigenvalue weighted by molar-refractivity contribution is 5.80. The third kappa shape index (κ3) is 4.09. The minimum atomic E-state index is -1.33. The first-order valence-electron chi connectivity index (χ1n) is 6.44. The fraction of sp³-hybridized carbons (Fsp3) is 0.750. The molecular formula is C12H19NO7. The Balaban J connectivity index is 2.60. The largest absolute Gasteiger partial charge is 0.480 e. The monoisotopic (exact) mass is 289 g/mol. The van der Waals surface area contributed by atoms with Crippen LogP contribution in [0.1, 0.15) is 32.6 Å². The smallest absolute Gasteiger partial charge is 0.408 e. The summed E-state index contributed by atoms with van der Waals surface area (Å²) in [5.41, 5.74) is 0. The molecule has 0 aromatic heterocycles. The summed E-state index contributed by atoms with van der Waals surface area (Å²) in [6, 6.07) is -1.69. The van der Waals surface area contributed by atoms with Crippen LogP contribution in [0.25, 0.3) is 0 Å². The van der Waals surface area contributed by atoms with Crippen molar-refractivity contribution >= 4 is 18.0 Å². The predicted octanol–water partition coefficient (Wildman–Crippen LogP) is 0.286. The average Bonchev–Trinajstić information content (AvgIpc) is 2.72. The number of hydrogen-bond acceptors (Lipinski definition) is 5. The quantitative estimate of drug-likeness (QED) is 0.600. The molecule has 2 unspecified atom stereocenters. The van der Waals surface area contributed by atoms with E-state index in [-0.39, 0.29) is 25.9 Å². The molecule has 1 aliphatic heterocycles. The molecule has 1 amide bonds. The van der Waals surface area contributed by atoms with E-state index >= 15 is 0 Å². The molecule has 1 heterocycles. The molecule has 3 N–H and O–H groups in total. The number of carbonyl (C=O) groups excluding carboxylic acids is 1. The van der Waals surface area contributed by atoms with Gasteiger partial charge in [-0.2, -0.15) is 0 Å². The highest BCUT2D eigenvalue weighted by Gasteiger charge is 2.41. The van der Waals surface area contributed by atoms with Crippen molar-refractivity contribution in [1.82, 2.24) is 4.90 Å². The molecule has 1 fully saturated rings. The van der Waals surface area contributed by atoms with Crippen molar-refractivity contribution in [1.29, 1.82) is 0 Å². The molecule has 0 aromatic carbocycles. The molecule has 0 aliphatic carbocycles. The van der Waals surface area contributed by atoms with Crippen LogP contribution in [0.4, 0.5) is 4.79 Å². The summed E-state index contributed by atoms with van der Waals surface area (Å²) < 4.78 is 4.69. The van der Waals surface area contributed by atoms with Gasteiger partial charge >= 0.3 is 18.0 Å². The number of esters is 1. The molecule has 8 heteroatoms. The van der Waals surface area contributed by atoms with Crippen LogP contribution in [-0.2, 0) is 14.3 Å². The molecule has 1 rings (SSSR count). The maximum Gasteiger partial charge on any atom is 0.408 e. The molecule has 0 radical (unpaired) electrons. The van der Waals surface area contributed by atoms with Gasteiger partial charge in [0, 0.05) is 6.04 Å². The average molecular weight is 289 g/mol. The summed E-state index contributed by atoms with van der Waals surface area (Å²) in [6.07, 6.45) is -2.02. The van der Waals surface area contributed by atoms with Crippen LogP contribution in [-0.4, -0.2) is 63.0 Å². The highest BCUT2D eigenvalue weighted by Crippen LogP contribution is 2.28. The number of carboxylic acids is 1. The van der Waals surface area contributed by atoms with Gasteiger partial charge in [0.1, 0.15) is 6.04 Å². The summed E-state index contributed by atoms with van der Waals surface area (Å²) >= 11 is 0. The Kier molecular flexibility index (Phi) is 5.75. The predicted molar refractivity (Wildman–Crippen MR) is 66.2 cm³/mol. The lowest BCUT2D eigenvalue weighted by atomic mass is 10.0. The molecule has 1 aliphatic rings. The lowest BCUT2D eigenvalue weighted by Crippen LogP contribution is -2.45. The van der Waals surface area contributed by atoms with Crippen LogP contribution in [0.15, 0.2) is 0 Å². The number of aliphatic hydroxyl groups is 1. The van der Waals surface area contributed by atoms with E-state index in [1.165, 1.54) is 0 Å². The third-order valence-corrected chi connectivity index (χ3v) is 3.26. The first kappa shape index (κ1) is 16.2. The Hall–Kier alpha value is -1.83. The molecular weight excluding hydrogens is 270 g/mol. The molecule has 0 spiro atoms. The zero-order chi connectivity index (χ0) is 15.3. The molecule has 1 saturated heterocycles. The molecule has 8 nitrogen and oxygen atoms in total. The summed E-state index contributed by atoms with van der Waals surface area (Å²) in [4.78, 5) is 34.1. The maximum absolute atomic E-state index is 11.2. The van der Waals surface area contributed by atoms with E-state index in [2.05, 4.69) is 4.74 Å². The minimum Gasteiger partial charge on any atom is -0.480 e. The van der Waals surface area contributed by atoms with Crippen LogP contribution >= 0.6 is 0 Å². The third-order valence-electron chi connectivity index (χ3n) is 3.26. The van der Waals surface area contributed by atoms with Crippen molar-refractivity contribution in [3.05, 3.63) is 0 Å². The summed E-state index contributed by atoms with van der Waals surface area (Å²) in [7, 11) is 0. The van der Waals surface area contributed by atoms with Crippen LogP contribution in [0.2, 0.25) is 0 Å². The second-order valence-corrected chi connectivity index (χ2v) is 4.67. The Morgan fingerprint density at radius 2 is 1.95 bits per heavy atom. The van der Waals surface area contributed by atoms with Crippen molar-refractivity contribution in [2.45, 2.75) is 50.8 Å². The first-order valence-corrected chi connectivity index (χ1v) is 6.44. The zero-order valence-corrected chi connectivity index (χ0v) is 11.2. The second-order valence-electron chi connectivity index (χ2n) is 4.67. The van der Waals surface area contributed by atoms with Crippen LogP contribution in [0.3, 0.4) is 0 Å². The van der Waals surface area contributed by atoms with Crippen molar-refractivity contribution in [2.75, 3.05) is 6.61 Å². The Labute approximate surface area is 115 Å². The standard InChI is InChI=1S/C12H19NO7/c1-2-20-10(15)6-8(14)5-7-3-4-9(11(16)17)13(7)12(18)19/h7-9,14H,2-6H2,1H3,(H,16,17)(H,18,19)/t7?,8?,9-/m0/s1. The number of aliphatic hydroxyl groups excluding tert-OH is 1. The Morgan fingerprint density at radius 3 is 2.45 bits per heavy atom. The SMILES string of the molecule is CCOC(=O)CC(O)CC1CC[C@@H](C(=O)O)N1C(=O)O. The number of rotatable bonds is 6. The number of carbonyl (C=O) groups is 3. The van der Waals surface area contributed by atoms with E-state index in [1.807, 2.05) is 0 Å². The molecule has 0 bridgehead atoms. The fourth-order valence-corrected chi connectivity index (χ4v) is 2.46. The lowest BCUT2D eigenvalue weighted by molar-refractivity contribution is -0.146. The first-order chi connectivity index (χ1) is 9.36. The number of carboxylic acid groups (broad SMARTS) is 2. The number of nitrogens with zero attached hydrogens (tertiary/aromatic N) is 1. The van der Waals surface area contributed by atoms with Crippen molar-refractivity contribution in [2.24, 2.45) is 0 Å². The second kappa shape index (κ2) is 7.09. The van der Waals surface area contributed by atoms with Crippen LogP contribution < -0.4 is 0 Å². The number of ether oxygens (including phenoxy) is 1. The number of aliphatic carboxylic acids is 1. The van der Waals surface area contributed by atoms with Crippen molar-refractivity contribution in [3.63, 3.8) is 0 Å². The summed E-state index contributed by atoms with van der Waals surface area (Å²) in [6.45, 7) is 1.85. The number of hydrogen-bond donors (Lipinski definition) is 3. The maximum atomic E-state index is 11.2. The Morgan fingerprint density at radius 1 is 1.30 bits per heavy atom. The highest BCUT2D eigenvalue weighted by atomic mass is 16.5. The van der Waals surface area contributed by atoms with Crippen LogP contribution in [0, 0.1) is 0 Å². The zero-order valence-electron chi connectivity index (χ0n) is 11.2. The van der Waals surface area contributed by atoms with E-state index in [9.17, 15) is 19.5 Å². The number of amides is 1. The van der Waals surface area contributed by atoms with Crippen molar-refractivity contribution < 1.29 is 34.4 Å². The summed E-state index contributed by atoms with van der Waals surface area (Å²) in [5, 5.41) is 27.8. The van der Waals surface area contributed by atoms with Gasteiger partial charge in [-0.15, -0.1) is 0 Å². The number of likely N-dealkylation sites (tertiary alicyclic amines) is 1. The minimum absolute atomic E-state index is 0.0227. The van der Waals surface area contributed by atoms with E-state index < -0.39 is 36.2 Å². The Bertz CT molecular complexity index is 384. The molecule has 20 heavy (non-hydrogen) atoms. The van der Waals surface area contributed by atoms with Gasteiger partial charge in [0.25, 0.3) is 0 Å². The molecule has 114 valence electrons. The van der Waals surface area contributed by atoms with E-state index in [0.29, 0.717) is 6.42 Å². The summed E-state index contributed by atoms with van der Waals surface area (Å²) in [5.74, 6) is -1.76. The molecule has 0 saturated carbocycles. The van der Waals surface area contributed by atoms with Crippen LogP contribution in [0.5, 0.6) is 0 Å². The van der Waals surface area contributed by atoms with Gasteiger partial charge in [-0.05, 0) is 26.2 Å². The van der Waals surface area contributed by atoms with Gasteiger partial charge in [0.15, 0.2) is 0 Å². The fourth-order valence-electron chi connectivity index (χ4n) is 2.46. The van der Waals surface area contributed by atoms with E-state index in [1.54, 1.807) is 6.92 Å². The lowest BCUT2D eigenvalue weighted by Gasteiger charge is -2.26. The molecule has 3 atom stereocenters. The normalized spacial score (nSPS) is 23.4. The van der Waals surface area contributed by atoms with E-state index in [0.717, 1.165) is 4.90 Å².